The Morgan fingerprint density at radius 1 is 0.812 bits per heavy atom. The van der Waals surface area contributed by atoms with Gasteiger partial charge in [0.1, 0.15) is 5.66 Å². The minimum absolute atomic E-state index is 0. The molecule has 0 atom stereocenters. The van der Waals surface area contributed by atoms with Crippen LogP contribution in [0.5, 0.6) is 0 Å². The van der Waals surface area contributed by atoms with Gasteiger partial charge in [-0.3, -0.25) is 0 Å². The van der Waals surface area contributed by atoms with E-state index in [1.807, 2.05) is 0 Å². The molecule has 3 heteroatoms. The standard InChI is InChI=1S/C13H27OP.Co.H/c1-4-7-10-15(13-14,11-8-5-2)12-9-6-3;;/h4-12H2,1-3H3;;. The van der Waals surface area contributed by atoms with Crippen LogP contribution in [0.4, 0.5) is 0 Å². The Balaban J connectivity index is 0. The summed E-state index contributed by atoms with van der Waals surface area (Å²) in [6.45, 7) is 5.29. The average Bonchev–Trinajstić information content (AvgIpc) is 2.29. The van der Waals surface area contributed by atoms with Crippen LogP contribution in [0.15, 0.2) is 0 Å². The summed E-state index contributed by atoms with van der Waals surface area (Å²) in [5.74, 6) is 0. The SMILES string of the molecule is CCCCP(=C=O)(CCCC)CCCC.[CoH]. The van der Waals surface area contributed by atoms with Crippen LogP contribution >= 0.6 is 6.89 Å². The summed E-state index contributed by atoms with van der Waals surface area (Å²) in [7, 11) is 0. The molecular formula is C13H28CoOP. The molecule has 0 aliphatic heterocycles. The number of unbranched alkanes of at least 4 members (excludes halogenated alkanes) is 3. The fourth-order valence-electron chi connectivity index (χ4n) is 1.85. The zero-order valence-electron chi connectivity index (χ0n) is 11.1. The third-order valence-electron chi connectivity index (χ3n) is 3.01. The van der Waals surface area contributed by atoms with Crippen molar-refractivity contribution in [3.63, 3.8) is 0 Å². The second-order valence-corrected chi connectivity index (χ2v) is 8.28. The zero-order valence-corrected chi connectivity index (χ0v) is 13.1. The van der Waals surface area contributed by atoms with Crippen LogP contribution in [-0.4, -0.2) is 24.1 Å². The Morgan fingerprint density at radius 3 is 1.31 bits per heavy atom. The van der Waals surface area contributed by atoms with Gasteiger partial charge >= 0.3 is 16.8 Å². The molecule has 0 aliphatic rings. The van der Waals surface area contributed by atoms with Crippen molar-refractivity contribution in [1.82, 2.24) is 0 Å². The minimum atomic E-state index is -1.33. The van der Waals surface area contributed by atoms with Crippen LogP contribution in [0, 0.1) is 0 Å². The van der Waals surface area contributed by atoms with E-state index in [1.54, 1.807) is 0 Å². The van der Waals surface area contributed by atoms with Crippen LogP contribution in [0.1, 0.15) is 59.3 Å². The van der Waals surface area contributed by atoms with E-state index in [1.165, 1.54) is 38.5 Å². The molecule has 0 aromatic rings. The van der Waals surface area contributed by atoms with E-state index in [2.05, 4.69) is 26.4 Å². The van der Waals surface area contributed by atoms with Crippen LogP contribution in [0.25, 0.3) is 0 Å². The second-order valence-electron chi connectivity index (χ2n) is 4.47. The number of rotatable bonds is 9. The summed E-state index contributed by atoms with van der Waals surface area (Å²) in [6.07, 6.45) is 10.8. The van der Waals surface area contributed by atoms with Gasteiger partial charge in [-0.1, -0.05) is 40.0 Å². The molecule has 1 radical (unpaired) electrons. The quantitative estimate of drug-likeness (QED) is 0.582. The van der Waals surface area contributed by atoms with E-state index in [9.17, 15) is 4.79 Å². The van der Waals surface area contributed by atoms with Gasteiger partial charge in [0.2, 0.25) is 0 Å². The van der Waals surface area contributed by atoms with E-state index in [0.29, 0.717) is 0 Å². The molecule has 0 saturated heterocycles. The van der Waals surface area contributed by atoms with E-state index in [0.717, 1.165) is 18.5 Å². The van der Waals surface area contributed by atoms with Gasteiger partial charge in [0.05, 0.1) is 0 Å². The predicted octanol–water partition coefficient (Wildman–Crippen LogP) is 4.20. The van der Waals surface area contributed by atoms with Crippen molar-refractivity contribution >= 4 is 12.5 Å². The van der Waals surface area contributed by atoms with Crippen molar-refractivity contribution in [3.8, 4) is 0 Å². The number of hydrogen-bond donors (Lipinski definition) is 0. The van der Waals surface area contributed by atoms with Crippen LogP contribution in [0.2, 0.25) is 0 Å². The topological polar surface area (TPSA) is 17.1 Å². The summed E-state index contributed by atoms with van der Waals surface area (Å²) in [4.78, 5) is 11.3. The summed E-state index contributed by atoms with van der Waals surface area (Å²) in [5.41, 5.74) is 2.48. The molecule has 0 saturated carbocycles. The average molecular weight is 290 g/mol. The maximum absolute atomic E-state index is 11.3. The van der Waals surface area contributed by atoms with E-state index in [-0.39, 0.29) is 16.8 Å². The van der Waals surface area contributed by atoms with Crippen molar-refractivity contribution in [2.75, 3.05) is 18.5 Å². The van der Waals surface area contributed by atoms with Gasteiger partial charge in [-0.05, 0) is 44.6 Å². The predicted molar refractivity (Wildman–Crippen MR) is 73.3 cm³/mol. The molecular weight excluding hydrogens is 262 g/mol. The molecule has 1 nitrogen and oxygen atoms in total. The molecule has 0 heterocycles. The van der Waals surface area contributed by atoms with Gasteiger partial charge in [0, 0.05) is 0 Å². The van der Waals surface area contributed by atoms with E-state index >= 15 is 0 Å². The molecule has 100 valence electrons. The molecule has 0 bridgehead atoms. The second kappa shape index (κ2) is 12.0. The Labute approximate surface area is 112 Å². The van der Waals surface area contributed by atoms with Crippen LogP contribution in [-0.2, 0) is 21.6 Å². The molecule has 16 heavy (non-hydrogen) atoms. The molecule has 0 rings (SSSR count). The van der Waals surface area contributed by atoms with Crippen molar-refractivity contribution in [2.24, 2.45) is 0 Å². The molecule has 0 aliphatic carbocycles. The summed E-state index contributed by atoms with van der Waals surface area (Å²) >= 11 is 0. The molecule has 0 fully saturated rings. The Morgan fingerprint density at radius 2 is 1.12 bits per heavy atom. The van der Waals surface area contributed by atoms with Gasteiger partial charge < -0.3 is 0 Å². The number of hydrogen-bond acceptors (Lipinski definition) is 1. The Bertz CT molecular complexity index is 193. The molecule has 0 unspecified atom stereocenters. The fourth-order valence-corrected chi connectivity index (χ4v) is 5.56. The van der Waals surface area contributed by atoms with E-state index in [4.69, 9.17) is 0 Å². The third-order valence-corrected chi connectivity index (χ3v) is 6.92. The summed E-state index contributed by atoms with van der Waals surface area (Å²) in [5, 5.41) is 0. The fraction of sp³-hybridized carbons (Fsp3) is 0.923. The molecule has 0 aromatic heterocycles. The third kappa shape index (κ3) is 7.74. The van der Waals surface area contributed by atoms with Crippen molar-refractivity contribution in [2.45, 2.75) is 59.3 Å². The van der Waals surface area contributed by atoms with Crippen molar-refractivity contribution in [3.05, 3.63) is 0 Å². The van der Waals surface area contributed by atoms with Gasteiger partial charge in [-0.2, -0.15) is 0 Å². The van der Waals surface area contributed by atoms with E-state index < -0.39 is 6.89 Å². The first-order valence-corrected chi connectivity index (χ1v) is 8.84. The first-order chi connectivity index (χ1) is 7.24. The molecule has 0 aromatic carbocycles. The van der Waals surface area contributed by atoms with Gasteiger partial charge in [0.15, 0.2) is 0 Å². The molecule has 0 amide bonds. The van der Waals surface area contributed by atoms with Crippen molar-refractivity contribution < 1.29 is 21.6 Å². The van der Waals surface area contributed by atoms with Gasteiger partial charge in [-0.25, -0.2) is 4.79 Å². The monoisotopic (exact) mass is 290 g/mol. The van der Waals surface area contributed by atoms with Crippen LogP contribution in [0.3, 0.4) is 0 Å². The van der Waals surface area contributed by atoms with Crippen LogP contribution < -0.4 is 0 Å². The van der Waals surface area contributed by atoms with Crippen molar-refractivity contribution in [1.29, 1.82) is 0 Å². The first kappa shape index (κ1) is 18.9. The van der Waals surface area contributed by atoms with Gasteiger partial charge in [-0.15, -0.1) is 0 Å². The molecule has 0 spiro atoms. The summed E-state index contributed by atoms with van der Waals surface area (Å²) < 4.78 is 0. The zero-order chi connectivity index (χ0) is 11.6. The number of carbonyl (C=O) groups excluding carboxylic acids is 1. The maximum atomic E-state index is 11.3. The Kier molecular flexibility index (Phi) is 14.1. The Hall–Kier alpha value is 0.516. The van der Waals surface area contributed by atoms with Gasteiger partial charge in [0.25, 0.3) is 0 Å². The normalized spacial score (nSPS) is 10.7. The first-order valence-electron chi connectivity index (χ1n) is 6.50. The summed E-state index contributed by atoms with van der Waals surface area (Å²) in [6, 6.07) is 0. The molecule has 0 N–H and O–H groups in total.